The highest BCUT2D eigenvalue weighted by molar-refractivity contribution is 7.14. The van der Waals surface area contributed by atoms with Gasteiger partial charge in [-0.15, -0.1) is 11.3 Å². The first-order chi connectivity index (χ1) is 13.0. The van der Waals surface area contributed by atoms with Gasteiger partial charge in [-0.25, -0.2) is 4.98 Å². The van der Waals surface area contributed by atoms with Crippen molar-refractivity contribution < 1.29 is 23.8 Å². The molecule has 0 aliphatic heterocycles. The lowest BCUT2D eigenvalue weighted by atomic mass is 10.2. The Kier molecular flexibility index (Phi) is 5.41. The number of aromatic nitrogens is 1. The molecule has 3 N–H and O–H groups in total. The number of aromatic hydroxyl groups is 1. The molecule has 3 aromatic rings. The first kappa shape index (κ1) is 18.5. The maximum absolute atomic E-state index is 12.3. The first-order valence-electron chi connectivity index (χ1n) is 7.93. The topological polar surface area (TPSA) is 114 Å². The third-order valence-electron chi connectivity index (χ3n) is 3.60. The summed E-state index contributed by atoms with van der Waals surface area (Å²) in [5, 5.41) is 17.3. The van der Waals surface area contributed by atoms with Crippen molar-refractivity contribution in [2.24, 2.45) is 0 Å². The number of furan rings is 1. The fraction of sp³-hybridized carbons (Fsp3) is 0.167. The number of ether oxygens (including phenoxy) is 1. The standard InChI is InChI=1S/C18H17N3O5S/c1-10(22)19-8-12-4-6-16(26-12)14-9-27-18(20-14)21-17(24)13-5-3-11(25-2)7-15(13)23/h3-7,9,23H,8H2,1-2H3,(H,19,22)(H,20,21,24). The zero-order valence-corrected chi connectivity index (χ0v) is 15.4. The van der Waals surface area contributed by atoms with Gasteiger partial charge in [0.1, 0.15) is 23.0 Å². The van der Waals surface area contributed by atoms with Crippen LogP contribution >= 0.6 is 11.3 Å². The highest BCUT2D eigenvalue weighted by Crippen LogP contribution is 2.28. The molecule has 140 valence electrons. The zero-order valence-electron chi connectivity index (χ0n) is 14.6. The number of carbonyl (C=O) groups excluding carboxylic acids is 2. The molecule has 0 radical (unpaired) electrons. The van der Waals surface area contributed by atoms with Crippen LogP contribution in [0.2, 0.25) is 0 Å². The number of phenolic OH excluding ortho intramolecular Hbond substituents is 1. The van der Waals surface area contributed by atoms with Crippen molar-refractivity contribution in [3.05, 3.63) is 47.0 Å². The van der Waals surface area contributed by atoms with Crippen molar-refractivity contribution in [2.75, 3.05) is 12.4 Å². The van der Waals surface area contributed by atoms with E-state index in [4.69, 9.17) is 9.15 Å². The number of hydrogen-bond acceptors (Lipinski definition) is 7. The molecule has 1 aromatic carbocycles. The number of carbonyl (C=O) groups is 2. The van der Waals surface area contributed by atoms with Gasteiger partial charge < -0.3 is 19.6 Å². The Balaban J connectivity index is 1.69. The van der Waals surface area contributed by atoms with Crippen LogP contribution in [0.3, 0.4) is 0 Å². The van der Waals surface area contributed by atoms with Crippen molar-refractivity contribution in [3.8, 4) is 23.0 Å². The van der Waals surface area contributed by atoms with Crippen LogP contribution in [-0.2, 0) is 11.3 Å². The summed E-state index contributed by atoms with van der Waals surface area (Å²) in [5.74, 6) is 0.766. The third-order valence-corrected chi connectivity index (χ3v) is 4.36. The predicted molar refractivity (Wildman–Crippen MR) is 99.9 cm³/mol. The summed E-state index contributed by atoms with van der Waals surface area (Å²) in [4.78, 5) is 27.6. The van der Waals surface area contributed by atoms with Crippen molar-refractivity contribution in [2.45, 2.75) is 13.5 Å². The van der Waals surface area contributed by atoms with Gasteiger partial charge in [0.2, 0.25) is 5.91 Å². The van der Waals surface area contributed by atoms with E-state index in [1.165, 1.54) is 37.5 Å². The largest absolute Gasteiger partial charge is 0.507 e. The molecule has 2 aromatic heterocycles. The number of nitrogens with one attached hydrogen (secondary N) is 2. The molecular formula is C18H17N3O5S. The van der Waals surface area contributed by atoms with E-state index in [1.807, 2.05) is 0 Å². The summed E-state index contributed by atoms with van der Waals surface area (Å²) in [7, 11) is 1.47. The van der Waals surface area contributed by atoms with E-state index >= 15 is 0 Å². The van der Waals surface area contributed by atoms with Crippen LogP contribution in [0, 0.1) is 0 Å². The third kappa shape index (κ3) is 4.45. The van der Waals surface area contributed by atoms with Gasteiger partial charge in [0.15, 0.2) is 10.9 Å². The molecular weight excluding hydrogens is 370 g/mol. The summed E-state index contributed by atoms with van der Waals surface area (Å²) >= 11 is 1.23. The van der Waals surface area contributed by atoms with E-state index in [0.717, 1.165) is 0 Å². The molecule has 2 amide bonds. The second-order valence-corrected chi connectivity index (χ2v) is 6.41. The quantitative estimate of drug-likeness (QED) is 0.599. The molecule has 0 atom stereocenters. The molecule has 3 rings (SSSR count). The maximum atomic E-state index is 12.3. The zero-order chi connectivity index (χ0) is 19.4. The summed E-state index contributed by atoms with van der Waals surface area (Å²) in [6.45, 7) is 1.72. The van der Waals surface area contributed by atoms with Crippen molar-refractivity contribution in [3.63, 3.8) is 0 Å². The van der Waals surface area contributed by atoms with Crippen LogP contribution in [0.25, 0.3) is 11.5 Å². The summed E-state index contributed by atoms with van der Waals surface area (Å²) in [6.07, 6.45) is 0. The molecule has 0 saturated heterocycles. The van der Waals surface area contributed by atoms with E-state index in [1.54, 1.807) is 23.6 Å². The number of amides is 2. The van der Waals surface area contributed by atoms with Gasteiger partial charge in [0, 0.05) is 18.4 Å². The minimum absolute atomic E-state index is 0.114. The molecule has 0 aliphatic rings. The smallest absolute Gasteiger partial charge is 0.261 e. The van der Waals surface area contributed by atoms with E-state index < -0.39 is 5.91 Å². The Morgan fingerprint density at radius 3 is 2.81 bits per heavy atom. The van der Waals surface area contributed by atoms with Gasteiger partial charge in [-0.05, 0) is 24.3 Å². The number of methoxy groups -OCH3 is 1. The fourth-order valence-corrected chi connectivity index (χ4v) is 2.96. The number of hydrogen-bond donors (Lipinski definition) is 3. The molecule has 8 nitrogen and oxygen atoms in total. The molecule has 0 aliphatic carbocycles. The Bertz CT molecular complexity index is 979. The highest BCUT2D eigenvalue weighted by atomic mass is 32.1. The van der Waals surface area contributed by atoms with Crippen LogP contribution in [0.15, 0.2) is 40.1 Å². The van der Waals surface area contributed by atoms with E-state index in [-0.39, 0.29) is 17.2 Å². The van der Waals surface area contributed by atoms with Gasteiger partial charge >= 0.3 is 0 Å². The van der Waals surface area contributed by atoms with Gasteiger partial charge in [0.25, 0.3) is 5.91 Å². The van der Waals surface area contributed by atoms with Gasteiger partial charge in [0.05, 0.1) is 19.2 Å². The number of rotatable bonds is 6. The normalized spacial score (nSPS) is 10.4. The summed E-state index contributed by atoms with van der Waals surface area (Å²) in [6, 6.07) is 7.91. The van der Waals surface area contributed by atoms with E-state index in [9.17, 15) is 14.7 Å². The van der Waals surface area contributed by atoms with E-state index in [2.05, 4.69) is 15.6 Å². The minimum Gasteiger partial charge on any atom is -0.507 e. The van der Waals surface area contributed by atoms with Gasteiger partial charge in [-0.3, -0.25) is 14.9 Å². The second-order valence-electron chi connectivity index (χ2n) is 5.55. The Morgan fingerprint density at radius 1 is 1.30 bits per heavy atom. The molecule has 0 spiro atoms. The molecule has 0 bridgehead atoms. The SMILES string of the molecule is COc1ccc(C(=O)Nc2nc(-c3ccc(CNC(C)=O)o3)cs2)c(O)c1. The first-order valence-corrected chi connectivity index (χ1v) is 8.81. The number of benzene rings is 1. The fourth-order valence-electron chi connectivity index (χ4n) is 2.26. The molecule has 2 heterocycles. The Morgan fingerprint density at radius 2 is 2.11 bits per heavy atom. The monoisotopic (exact) mass is 387 g/mol. The molecule has 27 heavy (non-hydrogen) atoms. The minimum atomic E-state index is -0.484. The van der Waals surface area contributed by atoms with E-state index in [0.29, 0.717) is 34.6 Å². The van der Waals surface area contributed by atoms with Crippen LogP contribution < -0.4 is 15.4 Å². The lowest BCUT2D eigenvalue weighted by Crippen LogP contribution is -2.18. The van der Waals surface area contributed by atoms with Crippen LogP contribution in [0.4, 0.5) is 5.13 Å². The highest BCUT2D eigenvalue weighted by Gasteiger charge is 2.15. The average molecular weight is 387 g/mol. The summed E-state index contributed by atoms with van der Waals surface area (Å²) in [5.41, 5.74) is 0.673. The average Bonchev–Trinajstić information content (AvgIpc) is 3.28. The van der Waals surface area contributed by atoms with Gasteiger partial charge in [-0.1, -0.05) is 0 Å². The lowest BCUT2D eigenvalue weighted by molar-refractivity contribution is -0.119. The molecule has 9 heteroatoms. The second kappa shape index (κ2) is 7.92. The Labute approximate surface area is 158 Å². The molecule has 0 unspecified atom stereocenters. The Hall–Kier alpha value is -3.33. The van der Waals surface area contributed by atoms with Crippen LogP contribution in [0.5, 0.6) is 11.5 Å². The van der Waals surface area contributed by atoms with Crippen molar-refractivity contribution in [1.29, 1.82) is 0 Å². The van der Waals surface area contributed by atoms with Crippen molar-refractivity contribution >= 4 is 28.3 Å². The molecule has 0 saturated carbocycles. The maximum Gasteiger partial charge on any atom is 0.261 e. The van der Waals surface area contributed by atoms with Gasteiger partial charge in [-0.2, -0.15) is 0 Å². The number of anilines is 1. The summed E-state index contributed by atoms with van der Waals surface area (Å²) < 4.78 is 10.6. The molecule has 0 fully saturated rings. The van der Waals surface area contributed by atoms with Crippen molar-refractivity contribution in [1.82, 2.24) is 10.3 Å². The number of phenols is 1. The number of thiazole rings is 1. The van der Waals surface area contributed by atoms with Crippen LogP contribution in [-0.4, -0.2) is 29.0 Å². The number of nitrogens with zero attached hydrogens (tertiary/aromatic N) is 1. The lowest BCUT2D eigenvalue weighted by Gasteiger charge is -2.06. The van der Waals surface area contributed by atoms with Crippen LogP contribution in [0.1, 0.15) is 23.0 Å². The predicted octanol–water partition coefficient (Wildman–Crippen LogP) is 3.01.